The number of sulfonamides is 1. The molecule has 0 spiro atoms. The van der Waals surface area contributed by atoms with Crippen LogP contribution in [0.2, 0.25) is 0 Å². The maximum atomic E-state index is 13.2. The summed E-state index contributed by atoms with van der Waals surface area (Å²) in [4.78, 5) is 0.127. The van der Waals surface area contributed by atoms with Crippen LogP contribution in [0.25, 0.3) is 0 Å². The molecular weight excluding hydrogens is 354 g/mol. The summed E-state index contributed by atoms with van der Waals surface area (Å²) in [5.74, 6) is 0. The molecule has 3 rings (SSSR count). The minimum Gasteiger partial charge on any atom is -0.394 e. The highest BCUT2D eigenvalue weighted by Gasteiger charge is 2.49. The van der Waals surface area contributed by atoms with E-state index in [9.17, 15) is 18.6 Å². The summed E-state index contributed by atoms with van der Waals surface area (Å²) >= 11 is 0. The van der Waals surface area contributed by atoms with Gasteiger partial charge in [-0.1, -0.05) is 48.0 Å². The third-order valence-electron chi connectivity index (χ3n) is 4.62. The largest absolute Gasteiger partial charge is 0.394 e. The Kier molecular flexibility index (Phi) is 5.45. The highest BCUT2D eigenvalue weighted by molar-refractivity contribution is 7.89. The van der Waals surface area contributed by atoms with Crippen LogP contribution in [0.15, 0.2) is 59.5 Å². The molecule has 6 nitrogen and oxygen atoms in total. The SMILES string of the molecule is Cc1ccc(S(=O)(=O)N2[C@@H](C)[C@@H](c3ccccc3)O[C@H]2[C@@H](O)CO)cc1. The van der Waals surface area contributed by atoms with Gasteiger partial charge < -0.3 is 14.9 Å². The monoisotopic (exact) mass is 377 g/mol. The van der Waals surface area contributed by atoms with E-state index < -0.39 is 41.1 Å². The van der Waals surface area contributed by atoms with Crippen LogP contribution in [0.5, 0.6) is 0 Å². The summed E-state index contributed by atoms with van der Waals surface area (Å²) in [7, 11) is -3.91. The molecule has 26 heavy (non-hydrogen) atoms. The van der Waals surface area contributed by atoms with Crippen LogP contribution in [0, 0.1) is 6.92 Å². The molecule has 2 aromatic carbocycles. The second kappa shape index (κ2) is 7.46. The highest BCUT2D eigenvalue weighted by Crippen LogP contribution is 2.39. The van der Waals surface area contributed by atoms with Gasteiger partial charge in [-0.15, -0.1) is 0 Å². The third kappa shape index (κ3) is 3.41. The van der Waals surface area contributed by atoms with Crippen molar-refractivity contribution in [3.8, 4) is 0 Å². The number of rotatable bonds is 5. The zero-order chi connectivity index (χ0) is 18.9. The topological polar surface area (TPSA) is 87.1 Å². The lowest BCUT2D eigenvalue weighted by Crippen LogP contribution is -2.47. The van der Waals surface area contributed by atoms with Crippen molar-refractivity contribution in [2.75, 3.05) is 6.61 Å². The van der Waals surface area contributed by atoms with Gasteiger partial charge in [-0.25, -0.2) is 8.42 Å². The molecule has 0 radical (unpaired) electrons. The number of hydrogen-bond donors (Lipinski definition) is 2. The van der Waals surface area contributed by atoms with Crippen molar-refractivity contribution in [3.63, 3.8) is 0 Å². The fourth-order valence-corrected chi connectivity index (χ4v) is 4.96. The van der Waals surface area contributed by atoms with Gasteiger partial charge in [0.05, 0.1) is 17.5 Å². The summed E-state index contributed by atoms with van der Waals surface area (Å²) in [6, 6.07) is 15.2. The first-order valence-corrected chi connectivity index (χ1v) is 9.90. The van der Waals surface area contributed by atoms with E-state index in [1.54, 1.807) is 19.1 Å². The number of aliphatic hydroxyl groups is 2. The summed E-state index contributed by atoms with van der Waals surface area (Å²) in [5, 5.41) is 19.6. The fourth-order valence-electron chi connectivity index (χ4n) is 3.23. The standard InChI is InChI=1S/C19H23NO5S/c1-13-8-10-16(11-9-13)26(23,24)20-14(2)18(15-6-4-3-5-7-15)25-19(20)17(22)12-21/h3-11,14,17-19,21-22H,12H2,1-2H3/t14-,17-,18-,19-/m0/s1. The van der Waals surface area contributed by atoms with Gasteiger partial charge in [-0.05, 0) is 31.5 Å². The van der Waals surface area contributed by atoms with E-state index in [1.807, 2.05) is 37.3 Å². The van der Waals surface area contributed by atoms with Gasteiger partial charge in [-0.2, -0.15) is 4.31 Å². The highest BCUT2D eigenvalue weighted by atomic mass is 32.2. The molecule has 1 saturated heterocycles. The Hall–Kier alpha value is -1.77. The van der Waals surface area contributed by atoms with Gasteiger partial charge in [-0.3, -0.25) is 0 Å². The molecule has 1 heterocycles. The summed E-state index contributed by atoms with van der Waals surface area (Å²) in [5.41, 5.74) is 1.76. The maximum absolute atomic E-state index is 13.2. The van der Waals surface area contributed by atoms with Gasteiger partial charge in [0.25, 0.3) is 0 Å². The van der Waals surface area contributed by atoms with Crippen molar-refractivity contribution >= 4 is 10.0 Å². The second-order valence-corrected chi connectivity index (χ2v) is 8.34. The zero-order valence-corrected chi connectivity index (χ0v) is 15.5. The molecule has 0 unspecified atom stereocenters. The first-order chi connectivity index (χ1) is 12.4. The van der Waals surface area contributed by atoms with Crippen LogP contribution in [-0.4, -0.2) is 47.9 Å². The molecule has 1 fully saturated rings. The maximum Gasteiger partial charge on any atom is 0.245 e. The van der Waals surface area contributed by atoms with Gasteiger partial charge in [0.15, 0.2) is 6.23 Å². The van der Waals surface area contributed by atoms with Crippen LogP contribution in [-0.2, 0) is 14.8 Å². The lowest BCUT2D eigenvalue weighted by Gasteiger charge is -2.28. The molecule has 140 valence electrons. The van der Waals surface area contributed by atoms with Crippen LogP contribution in [0.4, 0.5) is 0 Å². The average Bonchev–Trinajstić information content (AvgIpc) is 3.00. The predicted molar refractivity (Wildman–Crippen MR) is 96.8 cm³/mol. The van der Waals surface area contributed by atoms with Crippen molar-refractivity contribution in [2.45, 2.75) is 43.2 Å². The van der Waals surface area contributed by atoms with Crippen molar-refractivity contribution in [3.05, 3.63) is 65.7 Å². The molecule has 0 aliphatic carbocycles. The van der Waals surface area contributed by atoms with Crippen LogP contribution >= 0.6 is 0 Å². The Balaban J connectivity index is 2.02. The second-order valence-electron chi connectivity index (χ2n) is 6.50. The normalized spacial score (nSPS) is 25.3. The molecule has 0 aromatic heterocycles. The number of aliphatic hydroxyl groups excluding tert-OH is 2. The van der Waals surface area contributed by atoms with E-state index in [2.05, 4.69) is 0 Å². The molecule has 0 bridgehead atoms. The van der Waals surface area contributed by atoms with Crippen LogP contribution < -0.4 is 0 Å². The Morgan fingerprint density at radius 2 is 1.73 bits per heavy atom. The average molecular weight is 377 g/mol. The molecule has 2 N–H and O–H groups in total. The van der Waals surface area contributed by atoms with Gasteiger partial charge in [0, 0.05) is 0 Å². The predicted octanol–water partition coefficient (Wildman–Crippen LogP) is 1.83. The van der Waals surface area contributed by atoms with Gasteiger partial charge in [0.2, 0.25) is 10.0 Å². The lowest BCUT2D eigenvalue weighted by molar-refractivity contribution is -0.0796. The third-order valence-corrected chi connectivity index (χ3v) is 6.58. The van der Waals surface area contributed by atoms with E-state index >= 15 is 0 Å². The van der Waals surface area contributed by atoms with E-state index in [0.29, 0.717) is 0 Å². The van der Waals surface area contributed by atoms with E-state index in [0.717, 1.165) is 15.4 Å². The number of ether oxygens (including phenoxy) is 1. The number of nitrogens with zero attached hydrogens (tertiary/aromatic N) is 1. The van der Waals surface area contributed by atoms with Crippen molar-refractivity contribution in [1.82, 2.24) is 4.31 Å². The lowest BCUT2D eigenvalue weighted by atomic mass is 10.0. The molecule has 2 aromatic rings. The Morgan fingerprint density at radius 1 is 1.12 bits per heavy atom. The quantitative estimate of drug-likeness (QED) is 0.830. The summed E-state index contributed by atoms with van der Waals surface area (Å²) < 4.78 is 33.5. The van der Waals surface area contributed by atoms with Crippen LogP contribution in [0.1, 0.15) is 24.2 Å². The van der Waals surface area contributed by atoms with E-state index in [1.165, 1.54) is 12.1 Å². The van der Waals surface area contributed by atoms with Crippen molar-refractivity contribution in [1.29, 1.82) is 0 Å². The molecule has 0 saturated carbocycles. The first kappa shape index (κ1) is 19.0. The molecular formula is C19H23NO5S. The van der Waals surface area contributed by atoms with Crippen molar-refractivity contribution < 1.29 is 23.4 Å². The summed E-state index contributed by atoms with van der Waals surface area (Å²) in [6.07, 6.45) is -3.04. The fraction of sp³-hybridized carbons (Fsp3) is 0.368. The van der Waals surface area contributed by atoms with Crippen LogP contribution in [0.3, 0.4) is 0 Å². The number of benzene rings is 2. The number of hydrogen-bond acceptors (Lipinski definition) is 5. The minimum absolute atomic E-state index is 0.127. The minimum atomic E-state index is -3.91. The van der Waals surface area contributed by atoms with Crippen molar-refractivity contribution in [2.24, 2.45) is 0 Å². The Bertz CT molecular complexity index is 838. The van der Waals surface area contributed by atoms with E-state index in [-0.39, 0.29) is 4.90 Å². The molecule has 1 aliphatic rings. The van der Waals surface area contributed by atoms with Gasteiger partial charge >= 0.3 is 0 Å². The molecule has 7 heteroatoms. The molecule has 4 atom stereocenters. The van der Waals surface area contributed by atoms with Gasteiger partial charge in [0.1, 0.15) is 12.2 Å². The molecule has 0 amide bonds. The first-order valence-electron chi connectivity index (χ1n) is 8.46. The Labute approximate surface area is 153 Å². The Morgan fingerprint density at radius 3 is 2.31 bits per heavy atom. The number of aryl methyl sites for hydroxylation is 1. The smallest absolute Gasteiger partial charge is 0.245 e. The zero-order valence-electron chi connectivity index (χ0n) is 14.7. The molecule has 1 aliphatic heterocycles. The van der Waals surface area contributed by atoms with E-state index in [4.69, 9.17) is 4.74 Å². The summed E-state index contributed by atoms with van der Waals surface area (Å²) in [6.45, 7) is 3.02.